The fraction of sp³-hybridized carbons (Fsp3) is 0.423. The van der Waals surface area contributed by atoms with Crippen molar-refractivity contribution in [2.45, 2.75) is 57.1 Å². The number of ether oxygens (including phenoxy) is 2. The summed E-state index contributed by atoms with van der Waals surface area (Å²) >= 11 is 1.16. The van der Waals surface area contributed by atoms with Crippen LogP contribution in [0.25, 0.3) is 0 Å². The van der Waals surface area contributed by atoms with Crippen LogP contribution in [0, 0.1) is 11.6 Å². The maximum atomic E-state index is 14.7. The van der Waals surface area contributed by atoms with Gasteiger partial charge in [0.25, 0.3) is 5.91 Å². The lowest BCUT2D eigenvalue weighted by molar-refractivity contribution is -0.165. The average Bonchev–Trinajstić information content (AvgIpc) is 3.22. The first-order chi connectivity index (χ1) is 17.0. The van der Waals surface area contributed by atoms with E-state index in [1.54, 1.807) is 20.8 Å². The molecule has 0 aromatic heterocycles. The van der Waals surface area contributed by atoms with E-state index in [2.05, 4.69) is 5.10 Å². The van der Waals surface area contributed by atoms with Crippen LogP contribution in [0.15, 0.2) is 53.6 Å². The zero-order valence-electron chi connectivity index (χ0n) is 20.8. The highest BCUT2D eigenvalue weighted by molar-refractivity contribution is 8.15. The number of nitrogens with two attached hydrogens (primary N) is 1. The molecule has 1 amide bonds. The summed E-state index contributed by atoms with van der Waals surface area (Å²) in [5.74, 6) is -2.44. The average molecular weight is 520 g/mol. The lowest BCUT2D eigenvalue weighted by Gasteiger charge is -2.37. The Morgan fingerprint density at radius 3 is 2.50 bits per heavy atom. The number of benzene rings is 2. The zero-order chi connectivity index (χ0) is 26.5. The number of hydrogen-bond donors (Lipinski definition) is 1. The van der Waals surface area contributed by atoms with Gasteiger partial charge in [-0.1, -0.05) is 42.1 Å². The molecule has 194 valence electrons. The van der Waals surface area contributed by atoms with Crippen molar-refractivity contribution in [3.8, 4) is 0 Å². The number of carbonyl (C=O) groups is 2. The molecule has 2 unspecified atom stereocenters. The lowest BCUT2D eigenvalue weighted by atomic mass is 10.00. The van der Waals surface area contributed by atoms with Gasteiger partial charge < -0.3 is 15.2 Å². The van der Waals surface area contributed by atoms with Crippen LogP contribution in [0.1, 0.15) is 51.7 Å². The molecule has 0 saturated carbocycles. The Morgan fingerprint density at radius 1 is 1.17 bits per heavy atom. The molecular weight excluding hydrogens is 488 g/mol. The molecule has 2 atom stereocenters. The van der Waals surface area contributed by atoms with Gasteiger partial charge in [0, 0.05) is 5.56 Å². The molecule has 2 N–H and O–H groups in total. The van der Waals surface area contributed by atoms with Crippen molar-refractivity contribution in [3.63, 3.8) is 0 Å². The highest BCUT2D eigenvalue weighted by Gasteiger charge is 2.49. The summed E-state index contributed by atoms with van der Waals surface area (Å²) in [7, 11) is 0. The van der Waals surface area contributed by atoms with Crippen LogP contribution in [0.4, 0.5) is 8.78 Å². The van der Waals surface area contributed by atoms with Gasteiger partial charge in [0.05, 0.1) is 0 Å². The molecule has 0 spiro atoms. The Morgan fingerprint density at radius 2 is 1.86 bits per heavy atom. The minimum absolute atomic E-state index is 0.0503. The van der Waals surface area contributed by atoms with Gasteiger partial charge in [0.15, 0.2) is 0 Å². The molecular formula is C26H31F2N3O4S. The van der Waals surface area contributed by atoms with Gasteiger partial charge in [0.2, 0.25) is 0 Å². The zero-order valence-corrected chi connectivity index (χ0v) is 21.6. The van der Waals surface area contributed by atoms with Crippen molar-refractivity contribution in [1.29, 1.82) is 0 Å². The van der Waals surface area contributed by atoms with Gasteiger partial charge in [-0.15, -0.1) is 0 Å². The molecule has 36 heavy (non-hydrogen) atoms. The molecule has 1 aliphatic rings. The normalized spacial score (nSPS) is 18.6. The summed E-state index contributed by atoms with van der Waals surface area (Å²) in [4.78, 5) is 24.7. The Kier molecular flexibility index (Phi) is 8.86. The van der Waals surface area contributed by atoms with Crippen LogP contribution < -0.4 is 5.73 Å². The second-order valence-corrected chi connectivity index (χ2v) is 10.6. The quantitative estimate of drug-likeness (QED) is 0.489. The van der Waals surface area contributed by atoms with Crippen LogP contribution in [0.3, 0.4) is 0 Å². The number of hydrazone groups is 1. The van der Waals surface area contributed by atoms with E-state index in [9.17, 15) is 18.4 Å². The molecule has 7 nitrogen and oxygen atoms in total. The summed E-state index contributed by atoms with van der Waals surface area (Å²) in [6, 6.07) is 12.3. The van der Waals surface area contributed by atoms with Crippen molar-refractivity contribution in [2.75, 3.05) is 13.2 Å². The monoisotopic (exact) mass is 519 g/mol. The van der Waals surface area contributed by atoms with Gasteiger partial charge in [-0.05, 0) is 70.8 Å². The second-order valence-electron chi connectivity index (χ2n) is 9.36. The predicted molar refractivity (Wildman–Crippen MR) is 135 cm³/mol. The highest BCUT2D eigenvalue weighted by atomic mass is 32.2. The third-order valence-electron chi connectivity index (χ3n) is 5.33. The first kappa shape index (κ1) is 27.8. The number of esters is 1. The van der Waals surface area contributed by atoms with Crippen LogP contribution >= 0.6 is 11.8 Å². The molecule has 2 aromatic rings. The van der Waals surface area contributed by atoms with Crippen LogP contribution in [-0.4, -0.2) is 46.8 Å². The maximum absolute atomic E-state index is 14.7. The third kappa shape index (κ3) is 6.48. The van der Waals surface area contributed by atoms with Gasteiger partial charge in [-0.3, -0.25) is 4.79 Å². The van der Waals surface area contributed by atoms with E-state index in [-0.39, 0.29) is 10.6 Å². The van der Waals surface area contributed by atoms with Crippen molar-refractivity contribution in [3.05, 3.63) is 71.3 Å². The molecule has 10 heteroatoms. The molecule has 2 aromatic carbocycles. The largest absolute Gasteiger partial charge is 0.458 e. The van der Waals surface area contributed by atoms with E-state index < -0.39 is 46.7 Å². The lowest BCUT2D eigenvalue weighted by Crippen LogP contribution is -2.46. The number of halogens is 2. The van der Waals surface area contributed by atoms with E-state index >= 15 is 0 Å². The summed E-state index contributed by atoms with van der Waals surface area (Å²) in [5.41, 5.74) is 5.81. The standard InChI is InChI=1S/C26H31F2N3O4S/c1-17(34-16-22(32)35-25(2,3)4)24(33)31-26(13-8-14-29,18-9-6-5-7-10-18)36-23(30-31)20-15-19(27)11-12-21(20)28/h5-7,9-12,15,17H,8,13-14,16,29H2,1-4H3. The smallest absolute Gasteiger partial charge is 0.332 e. The fourth-order valence-corrected chi connectivity index (χ4v) is 5.15. The number of carbonyl (C=O) groups excluding carboxylic acids is 2. The van der Waals surface area contributed by atoms with Crippen molar-refractivity contribution >= 4 is 28.7 Å². The molecule has 0 saturated heterocycles. The molecule has 0 bridgehead atoms. The minimum Gasteiger partial charge on any atom is -0.458 e. The van der Waals surface area contributed by atoms with E-state index in [1.165, 1.54) is 11.9 Å². The van der Waals surface area contributed by atoms with E-state index in [1.807, 2.05) is 30.3 Å². The molecule has 1 aliphatic heterocycles. The number of amides is 1. The van der Waals surface area contributed by atoms with Gasteiger partial charge >= 0.3 is 5.97 Å². The molecule has 3 rings (SSSR count). The van der Waals surface area contributed by atoms with Crippen LogP contribution in [0.5, 0.6) is 0 Å². The molecule has 0 radical (unpaired) electrons. The first-order valence-corrected chi connectivity index (χ1v) is 12.4. The van der Waals surface area contributed by atoms with Crippen LogP contribution in [0.2, 0.25) is 0 Å². The summed E-state index contributed by atoms with van der Waals surface area (Å²) in [6.45, 7) is 6.62. The van der Waals surface area contributed by atoms with Crippen molar-refractivity contribution < 1.29 is 27.8 Å². The van der Waals surface area contributed by atoms with Gasteiger partial charge in [-0.2, -0.15) is 5.10 Å². The number of thioether (sulfide) groups is 1. The summed E-state index contributed by atoms with van der Waals surface area (Å²) in [6.07, 6.45) is -0.139. The van der Waals surface area contributed by atoms with Gasteiger partial charge in [-0.25, -0.2) is 18.6 Å². The number of nitrogens with zero attached hydrogens (tertiary/aromatic N) is 2. The Hall–Kier alpha value is -2.82. The van der Waals surface area contributed by atoms with Crippen LogP contribution in [-0.2, 0) is 23.9 Å². The molecule has 0 fully saturated rings. The SMILES string of the molecule is CC(OCC(=O)OC(C)(C)C)C(=O)N1N=C(c2cc(F)ccc2F)SC1(CCCN)c1ccccc1. The first-order valence-electron chi connectivity index (χ1n) is 11.6. The van der Waals surface area contributed by atoms with E-state index in [4.69, 9.17) is 15.2 Å². The summed E-state index contributed by atoms with van der Waals surface area (Å²) in [5, 5.41) is 5.88. The fourth-order valence-electron chi connectivity index (χ4n) is 3.72. The van der Waals surface area contributed by atoms with E-state index in [0.717, 1.165) is 35.5 Å². The molecule has 0 aliphatic carbocycles. The van der Waals surface area contributed by atoms with Gasteiger partial charge in [0.1, 0.15) is 39.9 Å². The summed E-state index contributed by atoms with van der Waals surface area (Å²) < 4.78 is 39.5. The topological polar surface area (TPSA) is 94.2 Å². The maximum Gasteiger partial charge on any atom is 0.332 e. The minimum atomic E-state index is -1.07. The van der Waals surface area contributed by atoms with E-state index in [0.29, 0.717) is 19.4 Å². The number of rotatable bonds is 9. The highest BCUT2D eigenvalue weighted by Crippen LogP contribution is 2.50. The van der Waals surface area contributed by atoms with Crippen molar-refractivity contribution in [2.24, 2.45) is 10.8 Å². The Labute approximate surface area is 214 Å². The third-order valence-corrected chi connectivity index (χ3v) is 6.78. The second kappa shape index (κ2) is 11.5. The van der Waals surface area contributed by atoms with Crippen molar-refractivity contribution in [1.82, 2.24) is 5.01 Å². The molecule has 1 heterocycles. The Bertz CT molecular complexity index is 1120. The predicted octanol–water partition coefficient (Wildman–Crippen LogP) is 4.54. The number of hydrogen-bond acceptors (Lipinski definition) is 7. The Balaban J connectivity index is 1.98.